The summed E-state index contributed by atoms with van der Waals surface area (Å²) < 4.78 is 1.37. The zero-order chi connectivity index (χ0) is 14.7. The van der Waals surface area contributed by atoms with Crippen LogP contribution in [0.5, 0.6) is 0 Å². The zero-order valence-electron chi connectivity index (χ0n) is 11.9. The van der Waals surface area contributed by atoms with E-state index in [2.05, 4.69) is 21.7 Å². The van der Waals surface area contributed by atoms with Crippen LogP contribution >= 0.6 is 12.4 Å². The Hall–Kier alpha value is -2.18. The summed E-state index contributed by atoms with van der Waals surface area (Å²) in [5.41, 5.74) is 1.42. The highest BCUT2D eigenvalue weighted by atomic mass is 35.5. The van der Waals surface area contributed by atoms with E-state index < -0.39 is 0 Å². The van der Waals surface area contributed by atoms with Crippen LogP contribution in [-0.2, 0) is 0 Å². The molecular weight excluding hydrogens is 304 g/mol. The van der Waals surface area contributed by atoms with Crippen molar-refractivity contribution < 1.29 is 4.79 Å². The lowest BCUT2D eigenvalue weighted by molar-refractivity contribution is 0.0954. The van der Waals surface area contributed by atoms with Crippen molar-refractivity contribution in [3.8, 4) is 0 Å². The van der Waals surface area contributed by atoms with Gasteiger partial charge in [-0.2, -0.15) is 0 Å². The van der Waals surface area contributed by atoms with Crippen molar-refractivity contribution in [1.82, 2.24) is 20.0 Å². The number of aromatic nitrogens is 2. The Morgan fingerprint density at radius 3 is 3.05 bits per heavy atom. The van der Waals surface area contributed by atoms with Gasteiger partial charge in [-0.05, 0) is 25.1 Å². The van der Waals surface area contributed by atoms with Crippen LogP contribution in [0.3, 0.4) is 0 Å². The topological polar surface area (TPSA) is 75.5 Å². The van der Waals surface area contributed by atoms with Gasteiger partial charge < -0.3 is 10.6 Å². The first-order chi connectivity index (χ1) is 10.3. The molecule has 1 aliphatic heterocycles. The fourth-order valence-electron chi connectivity index (χ4n) is 2.30. The molecule has 6 nitrogen and oxygen atoms in total. The standard InChI is InChI=1S/C15H16N4O2.ClH/c20-14(18-9-11-4-6-16-7-5-11)12-10-17-13-3-1-2-8-19(13)15(12)21;/h1-4,8,10,16H,5-7,9H2,(H,18,20);1H. The summed E-state index contributed by atoms with van der Waals surface area (Å²) in [5, 5.41) is 6.00. The molecule has 22 heavy (non-hydrogen) atoms. The molecule has 0 saturated heterocycles. The molecular formula is C15H17ClN4O2. The van der Waals surface area contributed by atoms with Crippen molar-refractivity contribution in [3.05, 3.63) is 58.2 Å². The maximum Gasteiger partial charge on any atom is 0.270 e. The van der Waals surface area contributed by atoms with E-state index in [4.69, 9.17) is 0 Å². The molecule has 0 unspecified atom stereocenters. The molecule has 1 amide bonds. The van der Waals surface area contributed by atoms with Gasteiger partial charge in [-0.15, -0.1) is 12.4 Å². The van der Waals surface area contributed by atoms with Crippen molar-refractivity contribution in [1.29, 1.82) is 0 Å². The van der Waals surface area contributed by atoms with Gasteiger partial charge in [0.1, 0.15) is 11.2 Å². The molecule has 116 valence electrons. The Bertz CT molecular complexity index is 769. The monoisotopic (exact) mass is 320 g/mol. The number of fused-ring (bicyclic) bond motifs is 1. The number of pyridine rings is 1. The van der Waals surface area contributed by atoms with Crippen LogP contribution < -0.4 is 16.2 Å². The molecule has 2 N–H and O–H groups in total. The molecule has 2 aromatic heterocycles. The summed E-state index contributed by atoms with van der Waals surface area (Å²) in [7, 11) is 0. The van der Waals surface area contributed by atoms with E-state index in [9.17, 15) is 9.59 Å². The van der Waals surface area contributed by atoms with E-state index in [0.717, 1.165) is 19.5 Å². The number of hydrogen-bond acceptors (Lipinski definition) is 4. The molecule has 3 rings (SSSR count). The Kier molecular flexibility index (Phi) is 5.30. The van der Waals surface area contributed by atoms with E-state index in [1.807, 2.05) is 0 Å². The Morgan fingerprint density at radius 1 is 1.41 bits per heavy atom. The Balaban J connectivity index is 0.00000176. The third kappa shape index (κ3) is 3.35. The quantitative estimate of drug-likeness (QED) is 0.819. The molecule has 0 bridgehead atoms. The zero-order valence-corrected chi connectivity index (χ0v) is 12.7. The summed E-state index contributed by atoms with van der Waals surface area (Å²) in [4.78, 5) is 28.5. The van der Waals surface area contributed by atoms with Gasteiger partial charge in [0.05, 0.1) is 0 Å². The maximum atomic E-state index is 12.3. The van der Waals surface area contributed by atoms with Gasteiger partial charge in [-0.25, -0.2) is 4.98 Å². The van der Waals surface area contributed by atoms with Crippen LogP contribution in [0, 0.1) is 0 Å². The molecule has 0 aliphatic carbocycles. The highest BCUT2D eigenvalue weighted by Gasteiger charge is 2.13. The van der Waals surface area contributed by atoms with Gasteiger partial charge in [0, 0.05) is 25.5 Å². The smallest absolute Gasteiger partial charge is 0.270 e. The average Bonchev–Trinajstić information content (AvgIpc) is 2.54. The number of nitrogens with zero attached hydrogens (tertiary/aromatic N) is 2. The second kappa shape index (κ2) is 7.20. The van der Waals surface area contributed by atoms with Gasteiger partial charge in [-0.1, -0.05) is 17.7 Å². The first-order valence-corrected chi connectivity index (χ1v) is 6.89. The Labute approximate surface area is 133 Å². The number of carbonyl (C=O) groups excluding carboxylic acids is 1. The number of amides is 1. The van der Waals surface area contributed by atoms with Gasteiger partial charge in [0.15, 0.2) is 0 Å². The highest BCUT2D eigenvalue weighted by Crippen LogP contribution is 2.03. The summed E-state index contributed by atoms with van der Waals surface area (Å²) in [6, 6.07) is 5.26. The number of nitrogens with one attached hydrogen (secondary N) is 2. The first-order valence-electron chi connectivity index (χ1n) is 6.89. The Morgan fingerprint density at radius 2 is 2.27 bits per heavy atom. The van der Waals surface area contributed by atoms with E-state index in [1.165, 1.54) is 16.2 Å². The second-order valence-corrected chi connectivity index (χ2v) is 4.91. The van der Waals surface area contributed by atoms with Gasteiger partial charge in [0.25, 0.3) is 11.5 Å². The maximum absolute atomic E-state index is 12.3. The third-order valence-corrected chi connectivity index (χ3v) is 3.49. The van der Waals surface area contributed by atoms with Crippen molar-refractivity contribution in [2.45, 2.75) is 6.42 Å². The summed E-state index contributed by atoms with van der Waals surface area (Å²) >= 11 is 0. The van der Waals surface area contributed by atoms with E-state index in [1.54, 1.807) is 24.4 Å². The lowest BCUT2D eigenvalue weighted by Gasteiger charge is -2.14. The molecule has 0 aromatic carbocycles. The van der Waals surface area contributed by atoms with Crippen molar-refractivity contribution >= 4 is 24.0 Å². The van der Waals surface area contributed by atoms with Crippen molar-refractivity contribution in [3.63, 3.8) is 0 Å². The summed E-state index contributed by atoms with van der Waals surface area (Å²) in [6.07, 6.45) is 5.92. The fourth-order valence-corrected chi connectivity index (χ4v) is 2.30. The van der Waals surface area contributed by atoms with E-state index in [0.29, 0.717) is 12.2 Å². The molecule has 0 fully saturated rings. The van der Waals surface area contributed by atoms with Crippen LogP contribution in [0.15, 0.2) is 47.0 Å². The molecule has 2 aromatic rings. The van der Waals surface area contributed by atoms with Crippen molar-refractivity contribution in [2.75, 3.05) is 19.6 Å². The summed E-state index contributed by atoms with van der Waals surface area (Å²) in [5.74, 6) is -0.384. The number of hydrogen-bond donors (Lipinski definition) is 2. The van der Waals surface area contributed by atoms with Crippen LogP contribution in [0.25, 0.3) is 5.65 Å². The minimum absolute atomic E-state index is 0. The lowest BCUT2D eigenvalue weighted by atomic mass is 10.1. The normalized spacial score (nSPS) is 14.1. The van der Waals surface area contributed by atoms with Crippen molar-refractivity contribution in [2.24, 2.45) is 0 Å². The molecule has 7 heteroatoms. The van der Waals surface area contributed by atoms with Crippen LogP contribution in [-0.4, -0.2) is 34.9 Å². The van der Waals surface area contributed by atoms with Crippen LogP contribution in [0.1, 0.15) is 16.8 Å². The minimum Gasteiger partial charge on any atom is -0.348 e. The molecule has 0 radical (unpaired) electrons. The largest absolute Gasteiger partial charge is 0.348 e. The van der Waals surface area contributed by atoms with Crippen LogP contribution in [0.4, 0.5) is 0 Å². The lowest BCUT2D eigenvalue weighted by Crippen LogP contribution is -2.34. The van der Waals surface area contributed by atoms with Gasteiger partial charge in [0.2, 0.25) is 0 Å². The van der Waals surface area contributed by atoms with Crippen LogP contribution in [0.2, 0.25) is 0 Å². The second-order valence-electron chi connectivity index (χ2n) is 4.91. The number of rotatable bonds is 3. The molecule has 0 atom stereocenters. The number of halogens is 1. The van der Waals surface area contributed by atoms with E-state index >= 15 is 0 Å². The minimum atomic E-state index is -0.384. The predicted octanol–water partition coefficient (Wildman–Crippen LogP) is 0.766. The molecule has 0 spiro atoms. The predicted molar refractivity (Wildman–Crippen MR) is 86.6 cm³/mol. The third-order valence-electron chi connectivity index (χ3n) is 3.49. The average molecular weight is 321 g/mol. The first kappa shape index (κ1) is 16.2. The van der Waals surface area contributed by atoms with Gasteiger partial charge in [-0.3, -0.25) is 14.0 Å². The molecule has 1 aliphatic rings. The van der Waals surface area contributed by atoms with Gasteiger partial charge >= 0.3 is 0 Å². The van der Waals surface area contributed by atoms with E-state index in [-0.39, 0.29) is 29.4 Å². The highest BCUT2D eigenvalue weighted by molar-refractivity contribution is 5.93. The number of carbonyl (C=O) groups is 1. The fraction of sp³-hybridized carbons (Fsp3) is 0.267. The molecule has 3 heterocycles. The summed E-state index contributed by atoms with van der Waals surface area (Å²) in [6.45, 7) is 2.21. The molecule has 0 saturated carbocycles. The SMILES string of the molecule is Cl.O=C(NCC1=CCNCC1)c1cnc2ccccn2c1=O.